The molecule has 0 radical (unpaired) electrons. The quantitative estimate of drug-likeness (QED) is 0.833. The SMILES string of the molecule is CCN(CC1CCCO1)C1(CN)CCC(C)CC1C. The van der Waals surface area contributed by atoms with Crippen molar-refractivity contribution in [3.8, 4) is 0 Å². The van der Waals surface area contributed by atoms with Crippen LogP contribution in [-0.2, 0) is 4.74 Å². The lowest BCUT2D eigenvalue weighted by atomic mass is 9.69. The Morgan fingerprint density at radius 2 is 2.11 bits per heavy atom. The van der Waals surface area contributed by atoms with Crippen molar-refractivity contribution < 1.29 is 4.74 Å². The van der Waals surface area contributed by atoms with Crippen LogP contribution in [0.3, 0.4) is 0 Å². The molecule has 0 aromatic carbocycles. The summed E-state index contributed by atoms with van der Waals surface area (Å²) < 4.78 is 5.84. The molecule has 3 nitrogen and oxygen atoms in total. The van der Waals surface area contributed by atoms with Gasteiger partial charge in [0.15, 0.2) is 0 Å². The Morgan fingerprint density at radius 1 is 1.32 bits per heavy atom. The Hall–Kier alpha value is -0.120. The van der Waals surface area contributed by atoms with Gasteiger partial charge in [-0.2, -0.15) is 0 Å². The maximum Gasteiger partial charge on any atom is 0.0703 e. The molecular formula is C16H32N2O. The van der Waals surface area contributed by atoms with Crippen LogP contribution in [0.1, 0.15) is 52.9 Å². The van der Waals surface area contributed by atoms with E-state index >= 15 is 0 Å². The highest BCUT2D eigenvalue weighted by Crippen LogP contribution is 2.40. The van der Waals surface area contributed by atoms with E-state index < -0.39 is 0 Å². The zero-order valence-corrected chi connectivity index (χ0v) is 13.0. The van der Waals surface area contributed by atoms with Crippen molar-refractivity contribution in [3.63, 3.8) is 0 Å². The first-order valence-corrected chi connectivity index (χ1v) is 8.19. The molecule has 2 N–H and O–H groups in total. The second kappa shape index (κ2) is 6.55. The third kappa shape index (κ3) is 3.14. The number of rotatable bonds is 5. The van der Waals surface area contributed by atoms with Gasteiger partial charge in [0.1, 0.15) is 0 Å². The van der Waals surface area contributed by atoms with E-state index in [0.717, 1.165) is 32.2 Å². The van der Waals surface area contributed by atoms with Gasteiger partial charge in [-0.15, -0.1) is 0 Å². The average Bonchev–Trinajstić information content (AvgIpc) is 2.90. The van der Waals surface area contributed by atoms with Gasteiger partial charge in [-0.1, -0.05) is 20.8 Å². The maximum atomic E-state index is 6.24. The largest absolute Gasteiger partial charge is 0.377 e. The molecule has 2 aliphatic rings. The van der Waals surface area contributed by atoms with E-state index in [-0.39, 0.29) is 5.54 Å². The van der Waals surface area contributed by atoms with Gasteiger partial charge in [-0.25, -0.2) is 0 Å². The van der Waals surface area contributed by atoms with E-state index in [1.807, 2.05) is 0 Å². The number of hydrogen-bond donors (Lipinski definition) is 1. The van der Waals surface area contributed by atoms with E-state index in [9.17, 15) is 0 Å². The molecule has 1 heterocycles. The molecular weight excluding hydrogens is 236 g/mol. The predicted octanol–water partition coefficient (Wildman–Crippen LogP) is 2.64. The molecule has 2 fully saturated rings. The van der Waals surface area contributed by atoms with Crippen LogP contribution in [0.25, 0.3) is 0 Å². The molecule has 0 aromatic heterocycles. The van der Waals surface area contributed by atoms with Gasteiger partial charge in [-0.05, 0) is 50.5 Å². The summed E-state index contributed by atoms with van der Waals surface area (Å²) in [7, 11) is 0. The Bertz CT molecular complexity index is 278. The summed E-state index contributed by atoms with van der Waals surface area (Å²) in [5.74, 6) is 1.55. The van der Waals surface area contributed by atoms with Crippen molar-refractivity contribution in [2.24, 2.45) is 17.6 Å². The van der Waals surface area contributed by atoms with Gasteiger partial charge in [0.05, 0.1) is 6.10 Å². The van der Waals surface area contributed by atoms with Crippen molar-refractivity contribution in [2.75, 3.05) is 26.2 Å². The summed E-state index contributed by atoms with van der Waals surface area (Å²) in [6.45, 7) is 11.0. The summed E-state index contributed by atoms with van der Waals surface area (Å²) in [5.41, 5.74) is 6.46. The molecule has 0 spiro atoms. The lowest BCUT2D eigenvalue weighted by Crippen LogP contribution is -2.61. The number of ether oxygens (including phenoxy) is 1. The zero-order valence-electron chi connectivity index (χ0n) is 13.0. The highest BCUT2D eigenvalue weighted by molar-refractivity contribution is 5.00. The van der Waals surface area contributed by atoms with E-state index in [1.54, 1.807) is 0 Å². The van der Waals surface area contributed by atoms with Crippen LogP contribution in [0.4, 0.5) is 0 Å². The number of hydrogen-bond acceptors (Lipinski definition) is 3. The molecule has 4 atom stereocenters. The fraction of sp³-hybridized carbons (Fsp3) is 1.00. The van der Waals surface area contributed by atoms with Crippen LogP contribution in [0, 0.1) is 11.8 Å². The molecule has 0 aromatic rings. The fourth-order valence-corrected chi connectivity index (χ4v) is 4.25. The van der Waals surface area contributed by atoms with E-state index in [2.05, 4.69) is 25.7 Å². The molecule has 3 heteroatoms. The Labute approximate surface area is 118 Å². The van der Waals surface area contributed by atoms with E-state index in [0.29, 0.717) is 12.0 Å². The maximum absolute atomic E-state index is 6.24. The number of nitrogens with zero attached hydrogens (tertiary/aromatic N) is 1. The number of nitrogens with two attached hydrogens (primary N) is 1. The lowest BCUT2D eigenvalue weighted by molar-refractivity contribution is -0.0285. The topological polar surface area (TPSA) is 38.5 Å². The minimum Gasteiger partial charge on any atom is -0.377 e. The van der Waals surface area contributed by atoms with Crippen molar-refractivity contribution >= 4 is 0 Å². The van der Waals surface area contributed by atoms with Crippen LogP contribution < -0.4 is 5.73 Å². The molecule has 19 heavy (non-hydrogen) atoms. The van der Waals surface area contributed by atoms with Gasteiger partial charge >= 0.3 is 0 Å². The van der Waals surface area contributed by atoms with Gasteiger partial charge < -0.3 is 10.5 Å². The Kier molecular flexibility index (Phi) is 5.27. The second-order valence-corrected chi connectivity index (χ2v) is 6.76. The summed E-state index contributed by atoms with van der Waals surface area (Å²) in [6, 6.07) is 0. The molecule has 1 aliphatic heterocycles. The Morgan fingerprint density at radius 3 is 2.63 bits per heavy atom. The van der Waals surface area contributed by atoms with Crippen molar-refractivity contribution in [3.05, 3.63) is 0 Å². The first kappa shape index (κ1) is 15.3. The monoisotopic (exact) mass is 268 g/mol. The summed E-state index contributed by atoms with van der Waals surface area (Å²) in [6.07, 6.45) is 6.79. The summed E-state index contributed by atoms with van der Waals surface area (Å²) in [4.78, 5) is 2.64. The molecule has 0 bridgehead atoms. The van der Waals surface area contributed by atoms with Gasteiger partial charge in [0.25, 0.3) is 0 Å². The summed E-state index contributed by atoms with van der Waals surface area (Å²) >= 11 is 0. The third-order valence-corrected chi connectivity index (χ3v) is 5.56. The summed E-state index contributed by atoms with van der Waals surface area (Å²) in [5, 5.41) is 0. The number of likely N-dealkylation sites (N-methyl/N-ethyl adjacent to an activating group) is 1. The van der Waals surface area contributed by atoms with Gasteiger partial charge in [0.2, 0.25) is 0 Å². The molecule has 4 unspecified atom stereocenters. The molecule has 1 aliphatic carbocycles. The van der Waals surface area contributed by atoms with Crippen LogP contribution in [0.2, 0.25) is 0 Å². The van der Waals surface area contributed by atoms with Crippen LogP contribution >= 0.6 is 0 Å². The minimum atomic E-state index is 0.215. The lowest BCUT2D eigenvalue weighted by Gasteiger charge is -2.51. The molecule has 1 saturated carbocycles. The third-order valence-electron chi connectivity index (χ3n) is 5.56. The van der Waals surface area contributed by atoms with Crippen LogP contribution in [0.5, 0.6) is 0 Å². The Balaban J connectivity index is 2.07. The standard InChI is InChI=1S/C16H32N2O/c1-4-18(11-15-6-5-9-19-15)16(12-17)8-7-13(2)10-14(16)3/h13-15H,4-12,17H2,1-3H3. The van der Waals surface area contributed by atoms with E-state index in [4.69, 9.17) is 10.5 Å². The minimum absolute atomic E-state index is 0.215. The second-order valence-electron chi connectivity index (χ2n) is 6.76. The fourth-order valence-electron chi connectivity index (χ4n) is 4.25. The molecule has 112 valence electrons. The highest BCUT2D eigenvalue weighted by Gasteiger charge is 2.43. The van der Waals surface area contributed by atoms with E-state index in [1.165, 1.54) is 32.1 Å². The predicted molar refractivity (Wildman–Crippen MR) is 80.2 cm³/mol. The first-order valence-electron chi connectivity index (χ1n) is 8.19. The molecule has 1 saturated heterocycles. The first-order chi connectivity index (χ1) is 9.12. The van der Waals surface area contributed by atoms with Gasteiger partial charge in [-0.3, -0.25) is 4.90 Å². The van der Waals surface area contributed by atoms with Crippen molar-refractivity contribution in [1.29, 1.82) is 0 Å². The normalized spacial score (nSPS) is 39.9. The molecule has 2 rings (SSSR count). The van der Waals surface area contributed by atoms with Crippen molar-refractivity contribution in [1.82, 2.24) is 4.90 Å². The smallest absolute Gasteiger partial charge is 0.0703 e. The molecule has 0 amide bonds. The zero-order chi connectivity index (χ0) is 13.9. The average molecular weight is 268 g/mol. The van der Waals surface area contributed by atoms with Crippen LogP contribution in [-0.4, -0.2) is 42.8 Å². The highest BCUT2D eigenvalue weighted by atomic mass is 16.5. The van der Waals surface area contributed by atoms with Gasteiger partial charge in [0, 0.05) is 25.2 Å². The van der Waals surface area contributed by atoms with Crippen molar-refractivity contribution in [2.45, 2.75) is 64.5 Å². The van der Waals surface area contributed by atoms with Crippen LogP contribution in [0.15, 0.2) is 0 Å².